The smallest absolute Gasteiger partial charge is 0.000813 e. The number of aryl methyl sites for hydroxylation is 1. The predicted octanol–water partition coefficient (Wildman–Crippen LogP) is 2.94. The van der Waals surface area contributed by atoms with Gasteiger partial charge >= 0.3 is 0 Å². The summed E-state index contributed by atoms with van der Waals surface area (Å²) in [6.07, 6.45) is 6.66. The Morgan fingerprint density at radius 3 is 2.80 bits per heavy atom. The molecule has 0 spiro atoms. The van der Waals surface area contributed by atoms with Gasteiger partial charge in [-0.05, 0) is 67.2 Å². The van der Waals surface area contributed by atoms with E-state index in [1.54, 1.807) is 16.7 Å². The van der Waals surface area contributed by atoms with Crippen molar-refractivity contribution in [1.82, 2.24) is 0 Å². The first kappa shape index (κ1) is 9.41. The van der Waals surface area contributed by atoms with Crippen LogP contribution < -0.4 is 5.73 Å². The lowest BCUT2D eigenvalue weighted by atomic mass is 9.81. The largest absolute Gasteiger partial charge is 0.330 e. The molecule has 80 valence electrons. The van der Waals surface area contributed by atoms with Crippen molar-refractivity contribution < 1.29 is 0 Å². The minimum absolute atomic E-state index is 0.632. The summed E-state index contributed by atoms with van der Waals surface area (Å²) in [6, 6.07) is 7.14. The molecule has 1 aromatic rings. The van der Waals surface area contributed by atoms with Crippen LogP contribution in [0, 0.1) is 0 Å². The van der Waals surface area contributed by atoms with Gasteiger partial charge in [-0.15, -0.1) is 0 Å². The molecule has 0 saturated heterocycles. The van der Waals surface area contributed by atoms with Crippen molar-refractivity contribution in [1.29, 1.82) is 0 Å². The number of fused-ring (bicyclic) bond motifs is 1. The summed E-state index contributed by atoms with van der Waals surface area (Å²) in [5, 5.41) is 0. The van der Waals surface area contributed by atoms with Crippen molar-refractivity contribution in [2.45, 2.75) is 43.9 Å². The van der Waals surface area contributed by atoms with Gasteiger partial charge in [0.1, 0.15) is 0 Å². The van der Waals surface area contributed by atoms with Crippen LogP contribution >= 0.6 is 0 Å². The Morgan fingerprint density at radius 1 is 1.20 bits per heavy atom. The summed E-state index contributed by atoms with van der Waals surface area (Å²) in [6.45, 7) is 0.821. The fourth-order valence-electron chi connectivity index (χ4n) is 2.83. The molecule has 1 fully saturated rings. The lowest BCUT2D eigenvalue weighted by Gasteiger charge is -2.25. The van der Waals surface area contributed by atoms with E-state index in [2.05, 4.69) is 18.2 Å². The molecular formula is C14H19N. The molecule has 1 heteroatoms. The standard InChI is InChI=1S/C14H19N/c15-9-13-3-1-2-11-6-7-12(8-14(11)13)10-4-5-10/h6-8,10,13H,1-5,9,15H2. The Labute approximate surface area is 91.7 Å². The zero-order valence-electron chi connectivity index (χ0n) is 9.21. The molecule has 0 bridgehead atoms. The van der Waals surface area contributed by atoms with Crippen LogP contribution in [0.1, 0.15) is 54.2 Å². The van der Waals surface area contributed by atoms with Crippen molar-refractivity contribution in [2.24, 2.45) is 5.73 Å². The third kappa shape index (κ3) is 1.69. The summed E-state index contributed by atoms with van der Waals surface area (Å²) < 4.78 is 0. The lowest BCUT2D eigenvalue weighted by Crippen LogP contribution is -2.18. The maximum absolute atomic E-state index is 5.86. The molecule has 2 N–H and O–H groups in total. The van der Waals surface area contributed by atoms with Gasteiger partial charge in [0, 0.05) is 0 Å². The molecule has 0 amide bonds. The average Bonchev–Trinajstić information content (AvgIpc) is 3.11. The Balaban J connectivity index is 1.98. The van der Waals surface area contributed by atoms with Crippen molar-refractivity contribution >= 4 is 0 Å². The Hall–Kier alpha value is -0.820. The maximum atomic E-state index is 5.86. The van der Waals surface area contributed by atoms with Gasteiger partial charge in [-0.25, -0.2) is 0 Å². The first-order valence-corrected chi connectivity index (χ1v) is 6.21. The van der Waals surface area contributed by atoms with Gasteiger partial charge < -0.3 is 5.73 Å². The van der Waals surface area contributed by atoms with Crippen LogP contribution in [-0.4, -0.2) is 6.54 Å². The first-order valence-electron chi connectivity index (χ1n) is 6.21. The van der Waals surface area contributed by atoms with Crippen molar-refractivity contribution in [3.05, 3.63) is 34.9 Å². The van der Waals surface area contributed by atoms with E-state index in [-0.39, 0.29) is 0 Å². The molecule has 1 saturated carbocycles. The van der Waals surface area contributed by atoms with Crippen molar-refractivity contribution in [2.75, 3.05) is 6.54 Å². The van der Waals surface area contributed by atoms with Crippen LogP contribution in [0.4, 0.5) is 0 Å². The Kier molecular flexibility index (Phi) is 2.28. The molecule has 0 aromatic heterocycles. The Bertz CT molecular complexity index is 366. The first-order chi connectivity index (χ1) is 7.38. The van der Waals surface area contributed by atoms with E-state index in [1.807, 2.05) is 0 Å². The second-order valence-corrected chi connectivity index (χ2v) is 5.06. The van der Waals surface area contributed by atoms with Crippen molar-refractivity contribution in [3.8, 4) is 0 Å². The summed E-state index contributed by atoms with van der Waals surface area (Å²) >= 11 is 0. The second-order valence-electron chi connectivity index (χ2n) is 5.06. The van der Waals surface area contributed by atoms with Crippen LogP contribution in [0.3, 0.4) is 0 Å². The number of hydrogen-bond acceptors (Lipinski definition) is 1. The monoisotopic (exact) mass is 201 g/mol. The fourth-order valence-corrected chi connectivity index (χ4v) is 2.83. The molecule has 3 rings (SSSR count). The van der Waals surface area contributed by atoms with E-state index in [0.717, 1.165) is 12.5 Å². The van der Waals surface area contributed by atoms with Crippen LogP contribution in [-0.2, 0) is 6.42 Å². The molecule has 0 radical (unpaired) electrons. The molecule has 15 heavy (non-hydrogen) atoms. The van der Waals surface area contributed by atoms with Crippen LogP contribution in [0.2, 0.25) is 0 Å². The number of rotatable bonds is 2. The molecule has 2 aliphatic carbocycles. The third-order valence-electron chi connectivity index (χ3n) is 3.94. The molecule has 1 aromatic carbocycles. The van der Waals surface area contributed by atoms with Crippen LogP contribution in [0.5, 0.6) is 0 Å². The van der Waals surface area contributed by atoms with Gasteiger partial charge in [0.2, 0.25) is 0 Å². The SMILES string of the molecule is NCC1CCCc2ccc(C3CC3)cc21. The third-order valence-corrected chi connectivity index (χ3v) is 3.94. The van der Waals surface area contributed by atoms with Gasteiger partial charge in [-0.3, -0.25) is 0 Å². The van der Waals surface area contributed by atoms with Crippen molar-refractivity contribution in [3.63, 3.8) is 0 Å². The van der Waals surface area contributed by atoms with E-state index < -0.39 is 0 Å². The molecule has 1 atom stereocenters. The normalized spacial score (nSPS) is 25.0. The second kappa shape index (κ2) is 3.64. The highest BCUT2D eigenvalue weighted by atomic mass is 14.6. The quantitative estimate of drug-likeness (QED) is 0.782. The van der Waals surface area contributed by atoms with E-state index in [9.17, 15) is 0 Å². The zero-order valence-corrected chi connectivity index (χ0v) is 9.21. The molecule has 0 heterocycles. The van der Waals surface area contributed by atoms with Gasteiger partial charge in [0.25, 0.3) is 0 Å². The summed E-state index contributed by atoms with van der Waals surface area (Å²) in [5.74, 6) is 1.50. The lowest BCUT2D eigenvalue weighted by molar-refractivity contribution is 0.560. The molecule has 2 aliphatic rings. The molecule has 1 nitrogen and oxygen atoms in total. The fraction of sp³-hybridized carbons (Fsp3) is 0.571. The summed E-state index contributed by atoms with van der Waals surface area (Å²) in [5.41, 5.74) is 10.5. The maximum Gasteiger partial charge on any atom is -0.000813 e. The van der Waals surface area contributed by atoms with Gasteiger partial charge in [0.15, 0.2) is 0 Å². The average molecular weight is 201 g/mol. The zero-order chi connectivity index (χ0) is 10.3. The molecular weight excluding hydrogens is 182 g/mol. The Morgan fingerprint density at radius 2 is 2.07 bits per heavy atom. The molecule has 1 unspecified atom stereocenters. The highest BCUT2D eigenvalue weighted by Gasteiger charge is 2.26. The minimum atomic E-state index is 0.632. The van der Waals surface area contributed by atoms with E-state index in [0.29, 0.717) is 5.92 Å². The van der Waals surface area contributed by atoms with Gasteiger partial charge in [-0.1, -0.05) is 18.2 Å². The number of benzene rings is 1. The predicted molar refractivity (Wildman–Crippen MR) is 63.2 cm³/mol. The summed E-state index contributed by atoms with van der Waals surface area (Å²) in [4.78, 5) is 0. The molecule has 0 aliphatic heterocycles. The minimum Gasteiger partial charge on any atom is -0.330 e. The topological polar surface area (TPSA) is 26.0 Å². The van der Waals surface area contributed by atoms with E-state index >= 15 is 0 Å². The van der Waals surface area contributed by atoms with Crippen LogP contribution in [0.15, 0.2) is 18.2 Å². The summed E-state index contributed by atoms with van der Waals surface area (Å²) in [7, 11) is 0. The number of hydrogen-bond donors (Lipinski definition) is 1. The van der Waals surface area contributed by atoms with E-state index in [4.69, 9.17) is 5.73 Å². The highest BCUT2D eigenvalue weighted by Crippen LogP contribution is 2.42. The number of nitrogens with two attached hydrogens (primary N) is 1. The highest BCUT2D eigenvalue weighted by molar-refractivity contribution is 5.39. The van der Waals surface area contributed by atoms with Crippen LogP contribution in [0.25, 0.3) is 0 Å². The van der Waals surface area contributed by atoms with E-state index in [1.165, 1.54) is 32.1 Å². The van der Waals surface area contributed by atoms with Gasteiger partial charge in [-0.2, -0.15) is 0 Å². The van der Waals surface area contributed by atoms with Gasteiger partial charge in [0.05, 0.1) is 0 Å².